The van der Waals surface area contributed by atoms with Gasteiger partial charge in [-0.15, -0.1) is 11.3 Å². The number of carbonyl (C=O) groups excluding carboxylic acids is 2. The van der Waals surface area contributed by atoms with Crippen molar-refractivity contribution >= 4 is 39.1 Å². The molecule has 1 aliphatic carbocycles. The van der Waals surface area contributed by atoms with E-state index in [1.807, 2.05) is 23.6 Å². The van der Waals surface area contributed by atoms with E-state index in [-0.39, 0.29) is 17.9 Å². The van der Waals surface area contributed by atoms with Crippen LogP contribution in [0.4, 0.5) is 5.69 Å². The summed E-state index contributed by atoms with van der Waals surface area (Å²) in [5, 5.41) is 3.29. The molecule has 1 aliphatic heterocycles. The van der Waals surface area contributed by atoms with Crippen molar-refractivity contribution in [3.05, 3.63) is 40.9 Å². The third-order valence-corrected chi connectivity index (χ3v) is 8.64. The Kier molecular flexibility index (Phi) is 6.25. The van der Waals surface area contributed by atoms with Crippen LogP contribution >= 0.6 is 11.3 Å². The second-order valence-corrected chi connectivity index (χ2v) is 10.9. The van der Waals surface area contributed by atoms with Crippen molar-refractivity contribution in [2.45, 2.75) is 70.5 Å². The van der Waals surface area contributed by atoms with E-state index in [1.54, 1.807) is 42.6 Å². The minimum atomic E-state index is -1.11. The average molecular weight is 496 g/mol. The second-order valence-electron chi connectivity index (χ2n) is 9.69. The van der Waals surface area contributed by atoms with Crippen LogP contribution < -0.4 is 19.7 Å². The van der Waals surface area contributed by atoms with E-state index in [0.717, 1.165) is 42.3 Å². The molecule has 0 bridgehead atoms. The first-order valence-electron chi connectivity index (χ1n) is 12.4. The quantitative estimate of drug-likeness (QED) is 0.513. The summed E-state index contributed by atoms with van der Waals surface area (Å²) in [7, 11) is 3.15. The zero-order valence-electron chi connectivity index (χ0n) is 20.8. The van der Waals surface area contributed by atoms with E-state index in [2.05, 4.69) is 18.3 Å². The van der Waals surface area contributed by atoms with Crippen molar-refractivity contribution in [3.8, 4) is 11.5 Å². The molecule has 0 unspecified atom stereocenters. The Hall–Kier alpha value is -3.00. The maximum Gasteiger partial charge on any atom is 0.275 e. The molecule has 1 aromatic carbocycles. The van der Waals surface area contributed by atoms with Crippen LogP contribution in [0.2, 0.25) is 0 Å². The fourth-order valence-corrected chi connectivity index (χ4v) is 6.50. The minimum Gasteiger partial charge on any atom is -0.493 e. The smallest absolute Gasteiger partial charge is 0.275 e. The molecule has 1 fully saturated rings. The van der Waals surface area contributed by atoms with E-state index < -0.39 is 5.54 Å². The van der Waals surface area contributed by atoms with Crippen LogP contribution in [-0.2, 0) is 17.8 Å². The highest BCUT2D eigenvalue weighted by molar-refractivity contribution is 7.19. The zero-order chi connectivity index (χ0) is 24.7. The van der Waals surface area contributed by atoms with Gasteiger partial charge < -0.3 is 19.4 Å². The Morgan fingerprint density at radius 3 is 2.54 bits per heavy atom. The summed E-state index contributed by atoms with van der Waals surface area (Å²) in [6.07, 6.45) is 6.36. The van der Waals surface area contributed by atoms with Crippen LogP contribution in [0.5, 0.6) is 11.5 Å². The normalized spacial score (nSPS) is 20.7. The average Bonchev–Trinajstić information content (AvgIpc) is 3.43. The van der Waals surface area contributed by atoms with Gasteiger partial charge >= 0.3 is 0 Å². The standard InChI is InChI=1S/C27H33N3O4S/c1-5-19-14-20-24(35-19)15-21-25(31)30(18-11-12-22(33-3)23(13-18)34-4)27(2,16-29(20)21)26(32)28-17-9-7-6-8-10-17/h11-15,17H,5-10,16H2,1-4H3,(H,28,32)/t27-/m1/s1. The molecule has 2 aromatic heterocycles. The van der Waals surface area contributed by atoms with E-state index in [1.165, 1.54) is 11.3 Å². The minimum absolute atomic E-state index is 0.119. The number of thiophene rings is 1. The number of aryl methyl sites for hydroxylation is 1. The zero-order valence-corrected chi connectivity index (χ0v) is 21.7. The maximum absolute atomic E-state index is 14.1. The molecule has 3 aromatic rings. The third kappa shape index (κ3) is 3.97. The highest BCUT2D eigenvalue weighted by atomic mass is 32.1. The SMILES string of the molecule is CCc1cc2c(cc3n2C[C@](C)(C(=O)NC2CCCCC2)N(c2ccc(OC)c(OC)c2)C3=O)s1. The van der Waals surface area contributed by atoms with Crippen LogP contribution in [0.1, 0.15) is 61.3 Å². The van der Waals surface area contributed by atoms with Gasteiger partial charge in [0.2, 0.25) is 5.91 Å². The van der Waals surface area contributed by atoms with Crippen LogP contribution in [0, 0.1) is 0 Å². The molecule has 3 heterocycles. The van der Waals surface area contributed by atoms with Gasteiger partial charge in [-0.2, -0.15) is 0 Å². The molecule has 5 rings (SSSR count). The van der Waals surface area contributed by atoms with Gasteiger partial charge in [0.25, 0.3) is 5.91 Å². The summed E-state index contributed by atoms with van der Waals surface area (Å²) in [5.41, 5.74) is 1.13. The van der Waals surface area contributed by atoms with Crippen molar-refractivity contribution < 1.29 is 19.1 Å². The molecule has 8 heteroatoms. The van der Waals surface area contributed by atoms with Crippen molar-refractivity contribution in [1.82, 2.24) is 9.88 Å². The number of nitrogens with one attached hydrogen (secondary N) is 1. The molecule has 1 N–H and O–H groups in total. The summed E-state index contributed by atoms with van der Waals surface area (Å²) in [5.74, 6) is 0.782. The van der Waals surface area contributed by atoms with Crippen LogP contribution in [0.3, 0.4) is 0 Å². The summed E-state index contributed by atoms with van der Waals surface area (Å²) < 4.78 is 14.0. The number of aromatic nitrogens is 1. The molecule has 7 nitrogen and oxygen atoms in total. The second kappa shape index (κ2) is 9.22. The fraction of sp³-hybridized carbons (Fsp3) is 0.481. The van der Waals surface area contributed by atoms with Crippen LogP contribution in [0.25, 0.3) is 10.2 Å². The number of methoxy groups -OCH3 is 2. The number of carbonyl (C=O) groups is 2. The number of hydrogen-bond donors (Lipinski definition) is 1. The maximum atomic E-state index is 14.1. The van der Waals surface area contributed by atoms with Gasteiger partial charge in [-0.1, -0.05) is 26.2 Å². The molecule has 1 atom stereocenters. The predicted molar refractivity (Wildman–Crippen MR) is 139 cm³/mol. The van der Waals surface area contributed by atoms with Gasteiger partial charge in [-0.3, -0.25) is 14.5 Å². The van der Waals surface area contributed by atoms with Gasteiger partial charge in [-0.05, 0) is 50.5 Å². The van der Waals surface area contributed by atoms with Gasteiger partial charge in [0, 0.05) is 22.7 Å². The first-order valence-corrected chi connectivity index (χ1v) is 13.2. The van der Waals surface area contributed by atoms with Gasteiger partial charge in [-0.25, -0.2) is 0 Å². The number of amides is 2. The Morgan fingerprint density at radius 1 is 1.11 bits per heavy atom. The highest BCUT2D eigenvalue weighted by Gasteiger charge is 2.49. The first-order chi connectivity index (χ1) is 16.9. The lowest BCUT2D eigenvalue weighted by atomic mass is 9.91. The van der Waals surface area contributed by atoms with Crippen molar-refractivity contribution in [2.75, 3.05) is 19.1 Å². The molecule has 186 valence electrons. The Bertz CT molecular complexity index is 1270. The predicted octanol–water partition coefficient (Wildman–Crippen LogP) is 5.15. The van der Waals surface area contributed by atoms with Crippen LogP contribution in [0.15, 0.2) is 30.3 Å². The molecular weight excluding hydrogens is 462 g/mol. The van der Waals surface area contributed by atoms with Crippen molar-refractivity contribution in [2.24, 2.45) is 0 Å². The number of fused-ring (bicyclic) bond motifs is 3. The van der Waals surface area contributed by atoms with E-state index in [9.17, 15) is 9.59 Å². The van der Waals surface area contributed by atoms with Crippen LogP contribution in [-0.4, -0.2) is 42.2 Å². The Labute approximate surface area is 210 Å². The lowest BCUT2D eigenvalue weighted by molar-refractivity contribution is -0.127. The molecule has 0 spiro atoms. The Balaban J connectivity index is 1.62. The van der Waals surface area contributed by atoms with E-state index in [0.29, 0.717) is 29.4 Å². The van der Waals surface area contributed by atoms with E-state index >= 15 is 0 Å². The number of rotatable bonds is 6. The molecule has 2 amide bonds. The summed E-state index contributed by atoms with van der Waals surface area (Å²) in [4.78, 5) is 30.9. The lowest BCUT2D eigenvalue weighted by Crippen LogP contribution is -2.65. The lowest BCUT2D eigenvalue weighted by Gasteiger charge is -2.44. The highest BCUT2D eigenvalue weighted by Crippen LogP contribution is 2.41. The molecule has 0 saturated heterocycles. The first kappa shape index (κ1) is 23.7. The molecular formula is C27H33N3O4S. The number of ether oxygens (including phenoxy) is 2. The van der Waals surface area contributed by atoms with E-state index in [4.69, 9.17) is 9.47 Å². The number of benzene rings is 1. The number of anilines is 1. The summed E-state index contributed by atoms with van der Waals surface area (Å²) in [6.45, 7) is 4.39. The van der Waals surface area contributed by atoms with Gasteiger partial charge in [0.15, 0.2) is 11.5 Å². The van der Waals surface area contributed by atoms with Crippen molar-refractivity contribution in [1.29, 1.82) is 0 Å². The van der Waals surface area contributed by atoms with Gasteiger partial charge in [0.1, 0.15) is 11.2 Å². The molecule has 0 radical (unpaired) electrons. The van der Waals surface area contributed by atoms with Crippen molar-refractivity contribution in [3.63, 3.8) is 0 Å². The Morgan fingerprint density at radius 2 is 1.86 bits per heavy atom. The molecule has 2 aliphatic rings. The number of nitrogens with zero attached hydrogens (tertiary/aromatic N) is 2. The number of hydrogen-bond acceptors (Lipinski definition) is 5. The molecule has 35 heavy (non-hydrogen) atoms. The molecule has 1 saturated carbocycles. The summed E-state index contributed by atoms with van der Waals surface area (Å²) in [6, 6.07) is 9.64. The van der Waals surface area contributed by atoms with Gasteiger partial charge in [0.05, 0.1) is 31.0 Å². The monoisotopic (exact) mass is 495 g/mol. The third-order valence-electron chi connectivity index (χ3n) is 7.43. The largest absolute Gasteiger partial charge is 0.493 e. The topological polar surface area (TPSA) is 72.8 Å². The fourth-order valence-electron chi connectivity index (χ4n) is 5.46. The summed E-state index contributed by atoms with van der Waals surface area (Å²) >= 11 is 1.71.